The van der Waals surface area contributed by atoms with Gasteiger partial charge in [0.05, 0.1) is 17.2 Å². The van der Waals surface area contributed by atoms with Crippen molar-refractivity contribution >= 4 is 29.4 Å². The molecule has 23 heavy (non-hydrogen) atoms. The zero-order chi connectivity index (χ0) is 16.7. The quantitative estimate of drug-likeness (QED) is 0.514. The van der Waals surface area contributed by atoms with Crippen molar-refractivity contribution in [3.63, 3.8) is 0 Å². The van der Waals surface area contributed by atoms with Gasteiger partial charge in [-0.15, -0.1) is 0 Å². The first-order valence-electron chi connectivity index (χ1n) is 6.91. The zero-order valence-electron chi connectivity index (χ0n) is 12.4. The standard InChI is InChI=1S/C16H15N3O4/c1-2-23-16(20)18-14-9-8-13(10-15(14)19(21)22)17-11-12-6-4-3-5-7-12/h3-11H,2H2,1H3,(H,18,20). The number of nitrogens with one attached hydrogen (secondary N) is 1. The second kappa shape index (κ2) is 7.69. The average molecular weight is 313 g/mol. The van der Waals surface area contributed by atoms with Crippen molar-refractivity contribution < 1.29 is 14.5 Å². The lowest BCUT2D eigenvalue weighted by atomic mass is 10.2. The van der Waals surface area contributed by atoms with E-state index in [2.05, 4.69) is 10.3 Å². The van der Waals surface area contributed by atoms with Crippen LogP contribution in [0.3, 0.4) is 0 Å². The summed E-state index contributed by atoms with van der Waals surface area (Å²) in [4.78, 5) is 26.2. The van der Waals surface area contributed by atoms with E-state index in [1.807, 2.05) is 30.3 Å². The van der Waals surface area contributed by atoms with Gasteiger partial charge in [-0.3, -0.25) is 20.4 Å². The molecule has 0 atom stereocenters. The molecule has 0 aliphatic rings. The summed E-state index contributed by atoms with van der Waals surface area (Å²) in [6.07, 6.45) is 0.869. The number of benzene rings is 2. The molecule has 2 aromatic rings. The van der Waals surface area contributed by atoms with Gasteiger partial charge in [-0.05, 0) is 24.6 Å². The molecule has 1 amide bonds. The minimum atomic E-state index is -0.740. The van der Waals surface area contributed by atoms with Crippen LogP contribution in [0, 0.1) is 10.1 Å². The zero-order valence-corrected chi connectivity index (χ0v) is 12.4. The largest absolute Gasteiger partial charge is 0.450 e. The van der Waals surface area contributed by atoms with E-state index in [4.69, 9.17) is 4.74 Å². The van der Waals surface area contributed by atoms with Crippen LogP contribution in [0.4, 0.5) is 21.9 Å². The topological polar surface area (TPSA) is 93.8 Å². The van der Waals surface area contributed by atoms with E-state index >= 15 is 0 Å². The monoisotopic (exact) mass is 313 g/mol. The van der Waals surface area contributed by atoms with Gasteiger partial charge in [0.1, 0.15) is 5.69 Å². The number of anilines is 1. The van der Waals surface area contributed by atoms with Crippen LogP contribution in [-0.4, -0.2) is 23.8 Å². The predicted octanol–water partition coefficient (Wildman–Crippen LogP) is 3.91. The molecular weight excluding hydrogens is 298 g/mol. The van der Waals surface area contributed by atoms with E-state index in [1.165, 1.54) is 12.1 Å². The minimum absolute atomic E-state index is 0.0621. The number of carbonyl (C=O) groups is 1. The highest BCUT2D eigenvalue weighted by Gasteiger charge is 2.17. The van der Waals surface area contributed by atoms with E-state index in [-0.39, 0.29) is 18.0 Å². The Balaban J connectivity index is 2.23. The van der Waals surface area contributed by atoms with E-state index in [9.17, 15) is 14.9 Å². The number of ether oxygens (including phenoxy) is 1. The number of nitrogens with zero attached hydrogens (tertiary/aromatic N) is 2. The highest BCUT2D eigenvalue weighted by molar-refractivity contribution is 5.89. The lowest BCUT2D eigenvalue weighted by Gasteiger charge is -2.06. The van der Waals surface area contributed by atoms with Crippen molar-refractivity contribution in [2.75, 3.05) is 11.9 Å². The molecule has 0 saturated carbocycles. The number of amides is 1. The molecular formula is C16H15N3O4. The van der Waals surface area contributed by atoms with Crippen LogP contribution in [0.15, 0.2) is 53.5 Å². The maximum atomic E-state index is 11.4. The molecule has 0 heterocycles. The highest BCUT2D eigenvalue weighted by atomic mass is 16.6. The maximum absolute atomic E-state index is 11.4. The van der Waals surface area contributed by atoms with Crippen LogP contribution in [-0.2, 0) is 4.74 Å². The molecule has 0 aliphatic heterocycles. The fourth-order valence-corrected chi connectivity index (χ4v) is 1.82. The van der Waals surface area contributed by atoms with Crippen LogP contribution in [0.25, 0.3) is 0 Å². The predicted molar refractivity (Wildman–Crippen MR) is 87.4 cm³/mol. The lowest BCUT2D eigenvalue weighted by Crippen LogP contribution is -2.14. The summed E-state index contributed by atoms with van der Waals surface area (Å²) < 4.78 is 4.71. The summed E-state index contributed by atoms with van der Waals surface area (Å²) in [6.45, 7) is 1.83. The summed E-state index contributed by atoms with van der Waals surface area (Å²) in [6, 6.07) is 13.7. The van der Waals surface area contributed by atoms with E-state index in [1.54, 1.807) is 19.2 Å². The van der Waals surface area contributed by atoms with Crippen molar-refractivity contribution in [1.29, 1.82) is 0 Å². The Labute approximate surface area is 132 Å². The van der Waals surface area contributed by atoms with Crippen LogP contribution in [0.1, 0.15) is 12.5 Å². The maximum Gasteiger partial charge on any atom is 0.411 e. The molecule has 0 bridgehead atoms. The second-order valence-electron chi connectivity index (χ2n) is 4.47. The molecule has 118 valence electrons. The van der Waals surface area contributed by atoms with Crippen molar-refractivity contribution in [1.82, 2.24) is 0 Å². The average Bonchev–Trinajstić information content (AvgIpc) is 2.55. The van der Waals surface area contributed by atoms with Gasteiger partial charge in [-0.1, -0.05) is 30.3 Å². The van der Waals surface area contributed by atoms with Crippen LogP contribution in [0.2, 0.25) is 0 Å². The van der Waals surface area contributed by atoms with Gasteiger partial charge in [-0.2, -0.15) is 0 Å². The molecule has 0 saturated heterocycles. The van der Waals surface area contributed by atoms with Gasteiger partial charge in [0.2, 0.25) is 0 Å². The Bertz CT molecular complexity index is 729. The Hall–Kier alpha value is -3.22. The van der Waals surface area contributed by atoms with Crippen molar-refractivity contribution in [3.05, 3.63) is 64.2 Å². The highest BCUT2D eigenvalue weighted by Crippen LogP contribution is 2.29. The van der Waals surface area contributed by atoms with Crippen molar-refractivity contribution in [2.24, 2.45) is 4.99 Å². The first-order chi connectivity index (χ1) is 11.1. The first-order valence-corrected chi connectivity index (χ1v) is 6.91. The summed E-state index contributed by atoms with van der Waals surface area (Å²) in [5.41, 5.74) is 1.10. The third-order valence-corrected chi connectivity index (χ3v) is 2.85. The van der Waals surface area contributed by atoms with Crippen LogP contribution < -0.4 is 5.32 Å². The Morgan fingerprint density at radius 1 is 1.30 bits per heavy atom. The Morgan fingerprint density at radius 2 is 2.04 bits per heavy atom. The molecule has 0 unspecified atom stereocenters. The molecule has 7 nitrogen and oxygen atoms in total. The Kier molecular flexibility index (Phi) is 5.40. The molecule has 0 fully saturated rings. The van der Waals surface area contributed by atoms with Gasteiger partial charge in [-0.25, -0.2) is 4.79 Å². The number of hydrogen-bond donors (Lipinski definition) is 1. The number of carbonyl (C=O) groups excluding carboxylic acids is 1. The second-order valence-corrected chi connectivity index (χ2v) is 4.47. The molecule has 7 heteroatoms. The molecule has 2 rings (SSSR count). The number of nitro benzene ring substituents is 1. The van der Waals surface area contributed by atoms with E-state index in [0.29, 0.717) is 5.69 Å². The third-order valence-electron chi connectivity index (χ3n) is 2.85. The molecule has 1 N–H and O–H groups in total. The third kappa shape index (κ3) is 4.63. The minimum Gasteiger partial charge on any atom is -0.450 e. The van der Waals surface area contributed by atoms with Crippen LogP contribution in [0.5, 0.6) is 0 Å². The molecule has 0 radical (unpaired) electrons. The number of rotatable bonds is 5. The number of nitro groups is 1. The molecule has 0 spiro atoms. The van der Waals surface area contributed by atoms with E-state index < -0.39 is 11.0 Å². The van der Waals surface area contributed by atoms with Crippen molar-refractivity contribution in [2.45, 2.75) is 6.92 Å². The molecule has 2 aromatic carbocycles. The summed E-state index contributed by atoms with van der Waals surface area (Å²) in [7, 11) is 0. The van der Waals surface area contributed by atoms with Gasteiger partial charge in [0.15, 0.2) is 0 Å². The van der Waals surface area contributed by atoms with E-state index in [0.717, 1.165) is 5.56 Å². The molecule has 0 aromatic heterocycles. The SMILES string of the molecule is CCOC(=O)Nc1ccc(N=Cc2ccccc2)cc1[N+](=O)[O-]. The Morgan fingerprint density at radius 3 is 2.70 bits per heavy atom. The summed E-state index contributed by atoms with van der Waals surface area (Å²) in [5, 5.41) is 13.5. The summed E-state index contributed by atoms with van der Waals surface area (Å²) >= 11 is 0. The van der Waals surface area contributed by atoms with Crippen LogP contribution >= 0.6 is 0 Å². The normalized spacial score (nSPS) is 10.5. The fourth-order valence-electron chi connectivity index (χ4n) is 1.82. The van der Waals surface area contributed by atoms with Gasteiger partial charge in [0, 0.05) is 12.3 Å². The molecule has 0 aliphatic carbocycles. The fraction of sp³-hybridized carbons (Fsp3) is 0.125. The summed E-state index contributed by atoms with van der Waals surface area (Å²) in [5.74, 6) is 0. The van der Waals surface area contributed by atoms with Gasteiger partial charge in [0.25, 0.3) is 5.69 Å². The first kappa shape index (κ1) is 16.2. The lowest BCUT2D eigenvalue weighted by molar-refractivity contribution is -0.383. The number of aliphatic imine (C=N–C) groups is 1. The van der Waals surface area contributed by atoms with Crippen molar-refractivity contribution in [3.8, 4) is 0 Å². The van der Waals surface area contributed by atoms with Gasteiger partial charge < -0.3 is 4.74 Å². The smallest absolute Gasteiger partial charge is 0.411 e. The van der Waals surface area contributed by atoms with Gasteiger partial charge >= 0.3 is 6.09 Å². The number of hydrogen-bond acceptors (Lipinski definition) is 5.